The third-order valence-electron chi connectivity index (χ3n) is 12.7. The van der Waals surface area contributed by atoms with E-state index < -0.39 is 33.5 Å². The molecule has 3 fully saturated rings. The molecule has 13 heteroatoms. The number of piperidine rings is 2. The summed E-state index contributed by atoms with van der Waals surface area (Å²) in [6.45, 7) is 15.1. The van der Waals surface area contributed by atoms with Crippen molar-refractivity contribution in [2.45, 2.75) is 107 Å². The molecule has 7 rings (SSSR count). The van der Waals surface area contributed by atoms with Crippen LogP contribution in [0.1, 0.15) is 89.2 Å². The SMILES string of the molecule is [B]C1(C)CCCCCCC(C)(S)N2CCC(CC2)C(F)(F)c2cccc(c2F)CN/C(N)=c2\cc(N3CCN(C4CCN(C)CC4)CC3)c(=C)n1c2=N. The Morgan fingerprint density at radius 2 is 1.58 bits per heavy atom. The van der Waals surface area contributed by atoms with E-state index in [-0.39, 0.29) is 36.3 Å². The molecular weight excluding hydrogens is 692 g/mol. The van der Waals surface area contributed by atoms with Crippen LogP contribution >= 0.6 is 12.6 Å². The zero-order valence-corrected chi connectivity index (χ0v) is 33.0. The van der Waals surface area contributed by atoms with Gasteiger partial charge in [-0.15, -0.1) is 0 Å². The lowest BCUT2D eigenvalue weighted by Crippen LogP contribution is -2.57. The van der Waals surface area contributed by atoms with Gasteiger partial charge in [0, 0.05) is 55.7 Å². The number of halogens is 3. The fraction of sp³-hybridized carbons (Fsp3) is 0.675. The predicted octanol–water partition coefficient (Wildman–Crippen LogP) is 4.19. The Hall–Kier alpha value is -2.61. The number of hydrogen-bond donors (Lipinski definition) is 4. The smallest absolute Gasteiger partial charge is 0.278 e. The van der Waals surface area contributed by atoms with Crippen molar-refractivity contribution in [1.29, 1.82) is 5.41 Å². The zero-order chi connectivity index (χ0) is 38.1. The van der Waals surface area contributed by atoms with Crippen molar-refractivity contribution in [3.05, 3.63) is 57.3 Å². The number of pyridine rings is 1. The largest absolute Gasteiger partial charge is 0.385 e. The number of thiol groups is 1. The molecule has 0 saturated carbocycles. The van der Waals surface area contributed by atoms with E-state index in [4.69, 9.17) is 26.2 Å². The maximum absolute atomic E-state index is 16.1. The molecule has 1 aromatic heterocycles. The molecule has 5 aliphatic heterocycles. The maximum atomic E-state index is 16.1. The number of hydrogen-bond acceptors (Lipinski definition) is 8. The summed E-state index contributed by atoms with van der Waals surface area (Å²) in [4.78, 5) is 9.08. The fourth-order valence-corrected chi connectivity index (χ4v) is 9.52. The Balaban J connectivity index is 1.35. The average Bonchev–Trinajstić information content (AvgIpc) is 3.12. The van der Waals surface area contributed by atoms with Crippen LogP contribution in [0.5, 0.6) is 0 Å². The number of rotatable bonds is 2. The Kier molecular flexibility index (Phi) is 12.3. The second kappa shape index (κ2) is 16.2. The first kappa shape index (κ1) is 40.1. The van der Waals surface area contributed by atoms with Crippen LogP contribution in [0.4, 0.5) is 18.9 Å². The monoisotopic (exact) mass is 752 g/mol. The number of fused-ring (bicyclic) bond motifs is 11. The second-order valence-corrected chi connectivity index (χ2v) is 17.5. The van der Waals surface area contributed by atoms with E-state index in [1.807, 2.05) is 13.0 Å². The number of benzene rings is 1. The molecule has 8 nitrogen and oxygen atoms in total. The lowest BCUT2D eigenvalue weighted by Gasteiger charge is -2.44. The third-order valence-corrected chi connectivity index (χ3v) is 13.2. The number of nitrogens with two attached hydrogens (primary N) is 1. The first-order valence-electron chi connectivity index (χ1n) is 19.7. The summed E-state index contributed by atoms with van der Waals surface area (Å²) >= 11 is 5.00. The number of aromatic nitrogens is 1. The molecular formula is C40H60BF3N8S. The van der Waals surface area contributed by atoms with Gasteiger partial charge in [0.05, 0.1) is 26.7 Å². The number of likely N-dealkylation sites (tertiary alicyclic amines) is 1. The number of nitrogens with one attached hydrogen (secondary N) is 2. The van der Waals surface area contributed by atoms with Crippen molar-refractivity contribution in [1.82, 2.24) is 24.6 Å². The van der Waals surface area contributed by atoms with Gasteiger partial charge in [-0.25, -0.2) is 13.2 Å². The van der Waals surface area contributed by atoms with Crippen molar-refractivity contribution in [3.63, 3.8) is 0 Å². The Morgan fingerprint density at radius 1 is 0.943 bits per heavy atom. The van der Waals surface area contributed by atoms with Gasteiger partial charge in [-0.05, 0) is 91.7 Å². The number of anilines is 1. The van der Waals surface area contributed by atoms with E-state index in [2.05, 4.69) is 45.5 Å². The molecule has 6 heterocycles. The van der Waals surface area contributed by atoms with E-state index in [0.717, 1.165) is 77.1 Å². The van der Waals surface area contributed by atoms with Gasteiger partial charge >= 0.3 is 0 Å². The molecule has 3 saturated heterocycles. The highest BCUT2D eigenvalue weighted by Gasteiger charge is 2.46. The van der Waals surface area contributed by atoms with Crippen LogP contribution in [-0.4, -0.2) is 97.4 Å². The second-order valence-electron chi connectivity index (χ2n) is 16.6. The summed E-state index contributed by atoms with van der Waals surface area (Å²) in [6, 6.07) is 6.68. The number of alkyl halides is 2. The average molecular weight is 753 g/mol. The molecule has 0 spiro atoms. The molecule has 4 N–H and O–H groups in total. The first-order valence-corrected chi connectivity index (χ1v) is 20.2. The summed E-state index contributed by atoms with van der Waals surface area (Å²) in [6.07, 6.45) is 8.13. The minimum Gasteiger partial charge on any atom is -0.385 e. The molecule has 2 atom stereocenters. The van der Waals surface area contributed by atoms with E-state index in [9.17, 15) is 5.41 Å². The third kappa shape index (κ3) is 8.63. The van der Waals surface area contributed by atoms with E-state index in [0.29, 0.717) is 36.1 Å². The molecule has 53 heavy (non-hydrogen) atoms. The predicted molar refractivity (Wildman–Crippen MR) is 213 cm³/mol. The topological polar surface area (TPSA) is 79.8 Å². The quantitative estimate of drug-likeness (QED) is 0.273. The van der Waals surface area contributed by atoms with Crippen LogP contribution in [0.2, 0.25) is 0 Å². The van der Waals surface area contributed by atoms with Crippen molar-refractivity contribution in [2.24, 2.45) is 11.7 Å². The van der Waals surface area contributed by atoms with Crippen LogP contribution in [0.25, 0.3) is 12.4 Å². The van der Waals surface area contributed by atoms with Gasteiger partial charge in [-0.2, -0.15) is 12.6 Å². The van der Waals surface area contributed by atoms with Crippen molar-refractivity contribution in [2.75, 3.05) is 64.3 Å². The maximum Gasteiger partial charge on any atom is 0.278 e. The van der Waals surface area contributed by atoms with Crippen molar-refractivity contribution in [3.8, 4) is 0 Å². The van der Waals surface area contributed by atoms with E-state index >= 15 is 13.2 Å². The van der Waals surface area contributed by atoms with Gasteiger partial charge in [0.15, 0.2) is 0 Å². The van der Waals surface area contributed by atoms with Crippen molar-refractivity contribution < 1.29 is 13.2 Å². The van der Waals surface area contributed by atoms with Crippen LogP contribution in [0, 0.1) is 17.1 Å². The lowest BCUT2D eigenvalue weighted by molar-refractivity contribution is -0.0920. The minimum atomic E-state index is -3.33. The van der Waals surface area contributed by atoms with Crippen LogP contribution in [-0.2, 0) is 17.9 Å². The molecule has 290 valence electrons. The normalized spacial score (nSPS) is 31.3. The summed E-state index contributed by atoms with van der Waals surface area (Å²) in [5.41, 5.74) is 6.26. The molecule has 0 amide bonds. The summed E-state index contributed by atoms with van der Waals surface area (Å²) in [5, 5.41) is 13.6. The standard InChI is InChI=1S/C40H60BF3N8S/c1-28-34(50-24-22-49(23-25-50)31-14-18-48(4)19-15-31)26-32-36(45)47-27-29-10-9-11-33(35(29)42)40(43,44)30-12-20-51(21-13-30)39(3,53)17-8-6-5-7-16-38(2,41)52(28)37(32)46/h9-11,26,30-31,46-47,53H,1,5-8,12-25,27,45H2,2-4H3/b36-32+,46-37?. The van der Waals surface area contributed by atoms with Gasteiger partial charge in [0.25, 0.3) is 5.92 Å². The highest BCUT2D eigenvalue weighted by atomic mass is 32.1. The Morgan fingerprint density at radius 3 is 2.25 bits per heavy atom. The van der Waals surface area contributed by atoms with Crippen LogP contribution in [0.15, 0.2) is 24.3 Å². The zero-order valence-electron chi connectivity index (χ0n) is 32.1. The van der Waals surface area contributed by atoms with Gasteiger partial charge in [-0.1, -0.05) is 50.5 Å². The van der Waals surface area contributed by atoms with Gasteiger partial charge in [-0.3, -0.25) is 15.2 Å². The van der Waals surface area contributed by atoms with Gasteiger partial charge in [0.1, 0.15) is 25.0 Å². The Labute approximate surface area is 321 Å². The summed E-state index contributed by atoms with van der Waals surface area (Å²) in [7, 11) is 9.30. The molecule has 2 aromatic rings. The fourth-order valence-electron chi connectivity index (χ4n) is 9.16. The molecule has 5 aliphatic rings. The summed E-state index contributed by atoms with van der Waals surface area (Å²) in [5.74, 6) is -5.06. The molecule has 2 unspecified atom stereocenters. The van der Waals surface area contributed by atoms with E-state index in [1.54, 1.807) is 4.57 Å². The van der Waals surface area contributed by atoms with E-state index in [1.165, 1.54) is 31.0 Å². The van der Waals surface area contributed by atoms with Gasteiger partial charge in [0.2, 0.25) is 0 Å². The molecule has 1 aromatic carbocycles. The number of nitrogens with zero attached hydrogens (tertiary/aromatic N) is 5. The van der Waals surface area contributed by atoms with Crippen LogP contribution in [0.3, 0.4) is 0 Å². The van der Waals surface area contributed by atoms with Gasteiger partial charge < -0.3 is 25.4 Å². The lowest BCUT2D eigenvalue weighted by atomic mass is 9.74. The first-order chi connectivity index (χ1) is 25.1. The minimum absolute atomic E-state index is 0.0923. The molecule has 0 aliphatic carbocycles. The summed E-state index contributed by atoms with van der Waals surface area (Å²) < 4.78 is 49.9. The van der Waals surface area contributed by atoms with Crippen LogP contribution < -0.4 is 32.0 Å². The highest BCUT2D eigenvalue weighted by Crippen LogP contribution is 2.44. The molecule has 2 radical (unpaired) electrons. The number of piperazine rings is 1. The highest BCUT2D eigenvalue weighted by molar-refractivity contribution is 7.81. The Bertz CT molecular complexity index is 1760. The molecule has 6 bridgehead atoms. The van der Waals surface area contributed by atoms with Crippen molar-refractivity contribution >= 4 is 38.6 Å².